The van der Waals surface area contributed by atoms with Gasteiger partial charge in [-0.1, -0.05) is 44.5 Å². The molecule has 2 aromatic carbocycles. The van der Waals surface area contributed by atoms with E-state index < -0.39 is 18.4 Å². The Morgan fingerprint density at radius 1 is 1.10 bits per heavy atom. The molecule has 29 heavy (non-hydrogen) atoms. The Morgan fingerprint density at radius 3 is 2.41 bits per heavy atom. The van der Waals surface area contributed by atoms with E-state index in [1.54, 1.807) is 30.3 Å². The summed E-state index contributed by atoms with van der Waals surface area (Å²) in [7, 11) is -2.82. The predicted molar refractivity (Wildman–Crippen MR) is 117 cm³/mol. The van der Waals surface area contributed by atoms with Gasteiger partial charge in [-0.15, -0.1) is 0 Å². The highest BCUT2D eigenvalue weighted by Crippen LogP contribution is 2.62. The lowest BCUT2D eigenvalue weighted by Gasteiger charge is -2.35. The summed E-state index contributed by atoms with van der Waals surface area (Å²) in [6.45, 7) is 7.97. The van der Waals surface area contributed by atoms with E-state index in [0.29, 0.717) is 22.0 Å². The fraction of sp³-hybridized carbons (Fsp3) is 0.227. The minimum Gasteiger partial charge on any atom is -0.478 e. The van der Waals surface area contributed by atoms with Crippen molar-refractivity contribution in [2.45, 2.75) is 32.9 Å². The molecule has 5 nitrogen and oxygen atoms in total. The number of furan rings is 1. The van der Waals surface area contributed by atoms with Crippen molar-refractivity contribution in [1.29, 1.82) is 0 Å². The van der Waals surface area contributed by atoms with Crippen LogP contribution in [0.1, 0.15) is 36.9 Å². The second-order valence-corrected chi connectivity index (χ2v) is 11.4. The highest BCUT2D eigenvalue weighted by atomic mass is 35.5. The van der Waals surface area contributed by atoms with E-state index in [-0.39, 0.29) is 5.56 Å². The number of hydrogen-bond acceptors (Lipinski definition) is 4. The number of rotatable bonds is 5. The van der Waals surface area contributed by atoms with Gasteiger partial charge in [0.1, 0.15) is 11.5 Å². The molecule has 3 aromatic rings. The Bertz CT molecular complexity index is 1100. The fourth-order valence-corrected chi connectivity index (χ4v) is 5.91. The second-order valence-electron chi connectivity index (χ2n) is 7.64. The monoisotopic (exact) mass is 431 g/mol. The summed E-state index contributed by atoms with van der Waals surface area (Å²) < 4.78 is 17.6. The van der Waals surface area contributed by atoms with Gasteiger partial charge in [-0.3, -0.25) is 0 Å². The minimum atomic E-state index is -2.82. The molecule has 152 valence electrons. The molecular weight excluding hydrogens is 409 g/mol. The van der Waals surface area contributed by atoms with Gasteiger partial charge in [-0.25, -0.2) is 9.54 Å². The van der Waals surface area contributed by atoms with Crippen molar-refractivity contribution in [2.24, 2.45) is 4.74 Å². The van der Waals surface area contributed by atoms with Gasteiger partial charge >= 0.3 is 5.97 Å². The zero-order chi connectivity index (χ0) is 21.2. The molecule has 0 spiro atoms. The van der Waals surface area contributed by atoms with E-state index in [9.17, 15) is 9.90 Å². The number of aryl methyl sites for hydroxylation is 1. The largest absolute Gasteiger partial charge is 0.478 e. The van der Waals surface area contributed by atoms with Gasteiger partial charge < -0.3 is 14.0 Å². The smallest absolute Gasteiger partial charge is 0.335 e. The second kappa shape index (κ2) is 8.10. The summed E-state index contributed by atoms with van der Waals surface area (Å²) in [5, 5.41) is 9.46. The van der Waals surface area contributed by atoms with Crippen molar-refractivity contribution in [3.05, 3.63) is 77.0 Å². The molecule has 0 aliphatic heterocycles. The molecule has 7 heteroatoms. The molecule has 1 atom stereocenters. The van der Waals surface area contributed by atoms with Crippen LogP contribution in [-0.2, 0) is 0 Å². The standard InChI is InChI=1S/C22H23ClNO4P/c1-15-11-12-20(27-15)29(22(2,3)4,28-19-10-6-8-17(23)14-19)24-18-9-5-7-16(13-18)21(25)26/h5-14H,1-4H3,(H,25,26)/t29-/m1/s1. The average molecular weight is 432 g/mol. The third-order valence-corrected chi connectivity index (χ3v) is 8.20. The third-order valence-electron chi connectivity index (χ3n) is 4.32. The number of aromatic carboxylic acids is 1. The van der Waals surface area contributed by atoms with E-state index in [4.69, 9.17) is 25.3 Å². The first kappa shape index (κ1) is 21.2. The number of hydrogen-bond donors (Lipinski definition) is 1. The molecule has 0 saturated heterocycles. The fourth-order valence-electron chi connectivity index (χ4n) is 2.86. The molecule has 1 heterocycles. The number of carboxylic acid groups (broad SMARTS) is 1. The molecule has 0 amide bonds. The van der Waals surface area contributed by atoms with Crippen LogP contribution in [0.2, 0.25) is 5.02 Å². The summed E-state index contributed by atoms with van der Waals surface area (Å²) in [6, 6.07) is 17.4. The van der Waals surface area contributed by atoms with E-state index in [2.05, 4.69) is 0 Å². The molecular formula is C22H23ClNO4P. The van der Waals surface area contributed by atoms with Crippen LogP contribution >= 0.6 is 18.9 Å². The summed E-state index contributed by atoms with van der Waals surface area (Å²) in [5.41, 5.74) is 1.31. The van der Waals surface area contributed by atoms with Gasteiger partial charge in [0.15, 0.2) is 5.50 Å². The van der Waals surface area contributed by atoms with E-state index in [0.717, 1.165) is 5.76 Å². The lowest BCUT2D eigenvalue weighted by molar-refractivity contribution is 0.0697. The van der Waals surface area contributed by atoms with Gasteiger partial charge in [-0.2, -0.15) is 0 Å². The third kappa shape index (κ3) is 4.58. The lowest BCUT2D eigenvalue weighted by Crippen LogP contribution is -2.26. The maximum absolute atomic E-state index is 11.4. The van der Waals surface area contributed by atoms with Gasteiger partial charge in [0, 0.05) is 10.2 Å². The normalized spacial score (nSPS) is 13.6. The Hall–Kier alpha value is -2.49. The maximum atomic E-state index is 11.4. The van der Waals surface area contributed by atoms with Crippen LogP contribution in [0.15, 0.2) is 69.8 Å². The van der Waals surface area contributed by atoms with Crippen LogP contribution in [0, 0.1) is 6.92 Å². The highest BCUT2D eigenvalue weighted by molar-refractivity contribution is 7.70. The first-order valence-electron chi connectivity index (χ1n) is 9.09. The molecule has 0 aliphatic rings. The molecule has 0 aliphatic carbocycles. The van der Waals surface area contributed by atoms with Crippen molar-refractivity contribution in [3.8, 4) is 5.75 Å². The van der Waals surface area contributed by atoms with Crippen molar-refractivity contribution in [2.75, 3.05) is 0 Å². The summed E-state index contributed by atoms with van der Waals surface area (Å²) >= 11 is 6.17. The van der Waals surface area contributed by atoms with Crippen LogP contribution in [0.4, 0.5) is 5.69 Å². The van der Waals surface area contributed by atoms with Crippen molar-refractivity contribution < 1.29 is 18.8 Å². The van der Waals surface area contributed by atoms with Gasteiger partial charge in [-0.05, 0) is 55.5 Å². The average Bonchev–Trinajstić information content (AvgIpc) is 3.07. The van der Waals surface area contributed by atoms with Crippen LogP contribution < -0.4 is 10.0 Å². The molecule has 1 aromatic heterocycles. The zero-order valence-electron chi connectivity index (χ0n) is 16.7. The van der Waals surface area contributed by atoms with Crippen molar-refractivity contribution >= 4 is 36.0 Å². The number of carbonyl (C=O) groups is 1. The van der Waals surface area contributed by atoms with Crippen LogP contribution in [0.5, 0.6) is 5.75 Å². The molecule has 0 radical (unpaired) electrons. The van der Waals surface area contributed by atoms with Gasteiger partial charge in [0.2, 0.25) is 7.28 Å². The Labute approximate surface area is 175 Å². The zero-order valence-corrected chi connectivity index (χ0v) is 18.4. The van der Waals surface area contributed by atoms with Crippen molar-refractivity contribution in [3.63, 3.8) is 0 Å². The van der Waals surface area contributed by atoms with Crippen LogP contribution in [-0.4, -0.2) is 16.2 Å². The highest BCUT2D eigenvalue weighted by Gasteiger charge is 2.41. The number of nitrogens with zero attached hydrogens (tertiary/aromatic N) is 1. The Morgan fingerprint density at radius 2 is 1.83 bits per heavy atom. The molecule has 0 unspecified atom stereocenters. The SMILES string of the molecule is Cc1ccc([P@@](=Nc2cccc(C(=O)O)c2)(Oc2cccc(Cl)c2)C(C)(C)C)o1. The topological polar surface area (TPSA) is 72.0 Å². The number of benzene rings is 2. The van der Waals surface area contributed by atoms with Gasteiger partial charge in [0.25, 0.3) is 0 Å². The molecule has 3 rings (SSSR count). The number of halogens is 1. The first-order valence-corrected chi connectivity index (χ1v) is 11.1. The summed E-state index contributed by atoms with van der Waals surface area (Å²) in [6.07, 6.45) is 0. The molecule has 0 bridgehead atoms. The van der Waals surface area contributed by atoms with Gasteiger partial charge in [0.05, 0.1) is 11.3 Å². The van der Waals surface area contributed by atoms with Crippen molar-refractivity contribution in [1.82, 2.24) is 0 Å². The van der Waals surface area contributed by atoms with E-state index in [1.807, 2.05) is 52.0 Å². The number of carboxylic acids is 1. The minimum absolute atomic E-state index is 0.164. The predicted octanol–water partition coefficient (Wildman–Crippen LogP) is 6.89. The first-order chi connectivity index (χ1) is 13.6. The lowest BCUT2D eigenvalue weighted by atomic mass is 10.2. The molecule has 1 N–H and O–H groups in total. The Kier molecular flexibility index (Phi) is 5.92. The van der Waals surface area contributed by atoms with E-state index in [1.165, 1.54) is 6.07 Å². The van der Waals surface area contributed by atoms with E-state index >= 15 is 0 Å². The molecule has 0 saturated carbocycles. The Balaban J connectivity index is 2.29. The maximum Gasteiger partial charge on any atom is 0.335 e. The summed E-state index contributed by atoms with van der Waals surface area (Å²) in [4.78, 5) is 11.4. The summed E-state index contributed by atoms with van der Waals surface area (Å²) in [5.74, 6) is 0.317. The molecule has 0 fully saturated rings. The quantitative estimate of drug-likeness (QED) is 0.446. The van der Waals surface area contributed by atoms with Crippen LogP contribution in [0.3, 0.4) is 0 Å². The van der Waals surface area contributed by atoms with Crippen LogP contribution in [0.25, 0.3) is 0 Å².